The second kappa shape index (κ2) is 10.4. The highest BCUT2D eigenvalue weighted by atomic mass is 32.2. The molecule has 1 atom stereocenters. The molecule has 1 fully saturated rings. The maximum atomic E-state index is 13.0. The minimum absolute atomic E-state index is 0.0287. The molecule has 0 bridgehead atoms. The predicted molar refractivity (Wildman–Crippen MR) is 118 cm³/mol. The van der Waals surface area contributed by atoms with Gasteiger partial charge in [0.15, 0.2) is 0 Å². The van der Waals surface area contributed by atoms with Crippen LogP contribution < -0.4 is 10.6 Å². The van der Waals surface area contributed by atoms with Crippen LogP contribution in [0.1, 0.15) is 29.8 Å². The molecule has 7 nitrogen and oxygen atoms in total. The Bertz CT molecular complexity index is 1010. The molecule has 1 aromatic heterocycles. The average Bonchev–Trinajstić information content (AvgIpc) is 3.33. The Morgan fingerprint density at radius 1 is 1.19 bits per heavy atom. The Labute approximate surface area is 186 Å². The molecule has 2 heterocycles. The molecular formula is C21H20FN3O4S2. The highest BCUT2D eigenvalue weighted by molar-refractivity contribution is 8.18. The second-order valence-electron chi connectivity index (χ2n) is 6.71. The van der Waals surface area contributed by atoms with Crippen molar-refractivity contribution in [2.75, 3.05) is 13.1 Å². The number of imide groups is 1. The lowest BCUT2D eigenvalue weighted by molar-refractivity contribution is -0.125. The molecule has 2 aromatic rings. The number of rotatable bonds is 8. The van der Waals surface area contributed by atoms with E-state index in [9.17, 15) is 23.6 Å². The van der Waals surface area contributed by atoms with Crippen molar-refractivity contribution in [1.29, 1.82) is 0 Å². The van der Waals surface area contributed by atoms with Gasteiger partial charge in [-0.2, -0.15) is 0 Å². The lowest BCUT2D eigenvalue weighted by Crippen LogP contribution is -2.38. The van der Waals surface area contributed by atoms with Crippen LogP contribution in [-0.2, 0) is 14.4 Å². The molecule has 1 saturated heterocycles. The summed E-state index contributed by atoms with van der Waals surface area (Å²) >= 11 is 2.24. The number of halogens is 1. The van der Waals surface area contributed by atoms with Crippen molar-refractivity contribution in [3.05, 3.63) is 62.9 Å². The number of nitrogens with one attached hydrogen (secondary N) is 2. The number of carbonyl (C=O) groups excluding carboxylic acids is 4. The van der Waals surface area contributed by atoms with Gasteiger partial charge in [0.25, 0.3) is 11.1 Å². The number of thioether (sulfide) groups is 1. The molecule has 0 spiro atoms. The van der Waals surface area contributed by atoms with Crippen LogP contribution in [0.15, 0.2) is 46.7 Å². The van der Waals surface area contributed by atoms with Crippen molar-refractivity contribution in [2.24, 2.45) is 0 Å². The summed E-state index contributed by atoms with van der Waals surface area (Å²) in [6.45, 7) is 1.51. The third-order valence-corrected chi connectivity index (χ3v) is 6.25. The Hall–Kier alpha value is -2.98. The van der Waals surface area contributed by atoms with E-state index in [2.05, 4.69) is 10.6 Å². The first-order chi connectivity index (χ1) is 14.8. The molecule has 162 valence electrons. The van der Waals surface area contributed by atoms with Gasteiger partial charge in [-0.3, -0.25) is 24.1 Å². The summed E-state index contributed by atoms with van der Waals surface area (Å²) in [5.74, 6) is -1.39. The summed E-state index contributed by atoms with van der Waals surface area (Å²) in [5.41, 5.74) is 0.609. The molecule has 0 saturated carbocycles. The minimum atomic E-state index is -0.455. The quantitative estimate of drug-likeness (QED) is 0.588. The predicted octanol–water partition coefficient (Wildman–Crippen LogP) is 3.31. The molecule has 1 aromatic carbocycles. The van der Waals surface area contributed by atoms with Crippen molar-refractivity contribution in [2.45, 2.75) is 19.4 Å². The standard InChI is InChI=1S/C21H20FN3O4S2/c1-13(26)24-16(17-3-2-10-30-17)12-19(27)23-8-9-25-20(28)18(31-21(25)29)11-14-4-6-15(22)7-5-14/h2-7,10-11,16H,8-9,12H2,1H3,(H,23,27)(H,24,26)/b18-11-. The first-order valence-corrected chi connectivity index (χ1v) is 11.1. The molecule has 1 aliphatic heterocycles. The van der Waals surface area contributed by atoms with E-state index in [0.717, 1.165) is 21.5 Å². The summed E-state index contributed by atoms with van der Waals surface area (Å²) in [6, 6.07) is 8.82. The van der Waals surface area contributed by atoms with Gasteiger partial charge in [-0.1, -0.05) is 18.2 Å². The third-order valence-electron chi connectivity index (χ3n) is 4.35. The van der Waals surface area contributed by atoms with Gasteiger partial charge in [-0.25, -0.2) is 4.39 Å². The monoisotopic (exact) mass is 461 g/mol. The molecule has 1 unspecified atom stereocenters. The maximum Gasteiger partial charge on any atom is 0.293 e. The van der Waals surface area contributed by atoms with E-state index in [1.165, 1.54) is 48.6 Å². The normalized spacial score (nSPS) is 15.9. The van der Waals surface area contributed by atoms with Gasteiger partial charge >= 0.3 is 0 Å². The minimum Gasteiger partial charge on any atom is -0.354 e. The molecule has 10 heteroatoms. The van der Waals surface area contributed by atoms with Crippen LogP contribution in [0.4, 0.5) is 9.18 Å². The molecule has 1 aliphatic rings. The van der Waals surface area contributed by atoms with E-state index < -0.39 is 17.2 Å². The summed E-state index contributed by atoms with van der Waals surface area (Å²) in [7, 11) is 0. The fourth-order valence-electron chi connectivity index (χ4n) is 2.93. The maximum absolute atomic E-state index is 13.0. The van der Waals surface area contributed by atoms with Crippen LogP contribution >= 0.6 is 23.1 Å². The zero-order valence-electron chi connectivity index (χ0n) is 16.6. The largest absolute Gasteiger partial charge is 0.354 e. The first-order valence-electron chi connectivity index (χ1n) is 9.41. The lowest BCUT2D eigenvalue weighted by Gasteiger charge is -2.17. The summed E-state index contributed by atoms with van der Waals surface area (Å²) in [6.07, 6.45) is 1.58. The summed E-state index contributed by atoms with van der Waals surface area (Å²) in [4.78, 5) is 50.6. The van der Waals surface area contributed by atoms with Crippen molar-refractivity contribution < 1.29 is 23.6 Å². The smallest absolute Gasteiger partial charge is 0.293 e. The van der Waals surface area contributed by atoms with Crippen LogP contribution in [0.3, 0.4) is 0 Å². The van der Waals surface area contributed by atoms with E-state index in [0.29, 0.717) is 5.56 Å². The van der Waals surface area contributed by atoms with Gasteiger partial charge in [-0.15, -0.1) is 11.3 Å². The van der Waals surface area contributed by atoms with Crippen molar-refractivity contribution in [3.8, 4) is 0 Å². The molecule has 4 amide bonds. The summed E-state index contributed by atoms with van der Waals surface area (Å²) < 4.78 is 13.0. The van der Waals surface area contributed by atoms with Crippen LogP contribution in [0.5, 0.6) is 0 Å². The van der Waals surface area contributed by atoms with Gasteiger partial charge in [0, 0.05) is 24.9 Å². The zero-order chi connectivity index (χ0) is 22.4. The average molecular weight is 462 g/mol. The summed E-state index contributed by atoms with van der Waals surface area (Å²) in [5, 5.41) is 6.87. The van der Waals surface area contributed by atoms with E-state index in [4.69, 9.17) is 0 Å². The fourth-order valence-corrected chi connectivity index (χ4v) is 4.57. The Balaban J connectivity index is 1.53. The van der Waals surface area contributed by atoms with Gasteiger partial charge in [0.2, 0.25) is 11.8 Å². The first kappa shape index (κ1) is 22.7. The van der Waals surface area contributed by atoms with Crippen LogP contribution in [0, 0.1) is 5.82 Å². The molecular weight excluding hydrogens is 441 g/mol. The van der Waals surface area contributed by atoms with Gasteiger partial charge in [0.1, 0.15) is 5.82 Å². The van der Waals surface area contributed by atoms with Crippen molar-refractivity contribution in [3.63, 3.8) is 0 Å². The van der Waals surface area contributed by atoms with Crippen molar-refractivity contribution in [1.82, 2.24) is 15.5 Å². The number of carbonyl (C=O) groups is 4. The van der Waals surface area contributed by atoms with Crippen molar-refractivity contribution >= 4 is 52.1 Å². The SMILES string of the molecule is CC(=O)NC(CC(=O)NCCN1C(=O)S/C(=C\c2ccc(F)cc2)C1=O)c1cccs1. The number of benzene rings is 1. The number of nitrogens with zero attached hydrogens (tertiary/aromatic N) is 1. The zero-order valence-corrected chi connectivity index (χ0v) is 18.2. The van der Waals surface area contributed by atoms with E-state index in [1.54, 1.807) is 0 Å². The lowest BCUT2D eigenvalue weighted by atomic mass is 10.1. The van der Waals surface area contributed by atoms with Crippen LogP contribution in [0.2, 0.25) is 0 Å². The molecule has 2 N–H and O–H groups in total. The molecule has 31 heavy (non-hydrogen) atoms. The van der Waals surface area contributed by atoms with E-state index in [-0.39, 0.29) is 42.0 Å². The number of thiophene rings is 1. The molecule has 0 aliphatic carbocycles. The number of hydrogen-bond donors (Lipinski definition) is 2. The number of hydrogen-bond acceptors (Lipinski definition) is 6. The van der Waals surface area contributed by atoms with Gasteiger partial charge in [0.05, 0.1) is 17.4 Å². The van der Waals surface area contributed by atoms with Crippen LogP contribution in [0.25, 0.3) is 6.08 Å². The topological polar surface area (TPSA) is 95.6 Å². The Morgan fingerprint density at radius 2 is 1.94 bits per heavy atom. The van der Waals surface area contributed by atoms with E-state index in [1.807, 2.05) is 17.5 Å². The fraction of sp³-hybridized carbons (Fsp3) is 0.238. The third kappa shape index (κ3) is 6.25. The van der Waals surface area contributed by atoms with E-state index >= 15 is 0 Å². The Kier molecular flexibility index (Phi) is 7.59. The molecule has 3 rings (SSSR count). The highest BCUT2D eigenvalue weighted by Gasteiger charge is 2.34. The highest BCUT2D eigenvalue weighted by Crippen LogP contribution is 2.32. The second-order valence-corrected chi connectivity index (χ2v) is 8.68. The van der Waals surface area contributed by atoms with Crippen LogP contribution in [-0.4, -0.2) is 41.0 Å². The van der Waals surface area contributed by atoms with Gasteiger partial charge in [-0.05, 0) is 47.0 Å². The number of amides is 4. The molecule has 0 radical (unpaired) electrons. The van der Waals surface area contributed by atoms with Gasteiger partial charge < -0.3 is 10.6 Å². The Morgan fingerprint density at radius 3 is 2.58 bits per heavy atom.